The molecule has 0 aliphatic carbocycles. The van der Waals surface area contributed by atoms with E-state index in [1.807, 2.05) is 0 Å². The Morgan fingerprint density at radius 1 is 1.00 bits per heavy atom. The summed E-state index contributed by atoms with van der Waals surface area (Å²) in [7, 11) is -3.51. The van der Waals surface area contributed by atoms with Crippen molar-refractivity contribution in [3.8, 4) is 0 Å². The van der Waals surface area contributed by atoms with Gasteiger partial charge in [-0.05, 0) is 51.0 Å². The quantitative estimate of drug-likeness (QED) is 0.304. The summed E-state index contributed by atoms with van der Waals surface area (Å²) in [4.78, 5) is 24.1. The van der Waals surface area contributed by atoms with Crippen LogP contribution in [0.15, 0.2) is 40.9 Å². The van der Waals surface area contributed by atoms with Gasteiger partial charge in [0.1, 0.15) is 0 Å². The number of carbonyl (C=O) groups is 2. The third-order valence-corrected chi connectivity index (χ3v) is 6.09. The second-order valence-electron chi connectivity index (χ2n) is 6.13. The Morgan fingerprint density at radius 2 is 1.54 bits per heavy atom. The minimum atomic E-state index is -3.51. The van der Waals surface area contributed by atoms with Gasteiger partial charge < -0.3 is 14.8 Å². The average Bonchev–Trinajstić information content (AvgIpc) is 2.69. The van der Waals surface area contributed by atoms with Gasteiger partial charge in [0.25, 0.3) is 0 Å². The molecule has 0 amide bonds. The molecule has 0 atom stereocenters. The zero-order chi connectivity index (χ0) is 20.6. The highest BCUT2D eigenvalue weighted by Crippen LogP contribution is 2.22. The third kappa shape index (κ3) is 5.56. The Morgan fingerprint density at radius 3 is 2.04 bits per heavy atom. The molecule has 0 radical (unpaired) electrons. The Hall–Kier alpha value is -2.39. The number of piperidine rings is 1. The summed E-state index contributed by atoms with van der Waals surface area (Å²) in [6.45, 7) is 4.59. The predicted molar refractivity (Wildman–Crippen MR) is 104 cm³/mol. The van der Waals surface area contributed by atoms with Crippen LogP contribution < -0.4 is 5.32 Å². The summed E-state index contributed by atoms with van der Waals surface area (Å²) in [5, 5.41) is 2.81. The van der Waals surface area contributed by atoms with Crippen LogP contribution in [0.3, 0.4) is 0 Å². The van der Waals surface area contributed by atoms with E-state index in [1.165, 1.54) is 22.6 Å². The lowest BCUT2D eigenvalue weighted by Gasteiger charge is -2.25. The zero-order valence-corrected chi connectivity index (χ0v) is 17.0. The molecule has 9 heteroatoms. The first-order valence-electron chi connectivity index (χ1n) is 9.31. The maximum absolute atomic E-state index is 12.7. The van der Waals surface area contributed by atoms with Crippen LogP contribution in [0.5, 0.6) is 0 Å². The van der Waals surface area contributed by atoms with Gasteiger partial charge in [0.2, 0.25) is 10.0 Å². The average molecular weight is 410 g/mol. The number of nitrogens with zero attached hydrogens (tertiary/aromatic N) is 1. The fourth-order valence-corrected chi connectivity index (χ4v) is 4.27. The van der Waals surface area contributed by atoms with Gasteiger partial charge in [0.05, 0.1) is 18.1 Å². The largest absolute Gasteiger partial charge is 0.462 e. The van der Waals surface area contributed by atoms with Gasteiger partial charge in [-0.1, -0.05) is 6.42 Å². The smallest absolute Gasteiger partial charge is 0.347 e. The van der Waals surface area contributed by atoms with Crippen molar-refractivity contribution < 1.29 is 27.5 Å². The van der Waals surface area contributed by atoms with Crippen molar-refractivity contribution in [3.05, 3.63) is 36.0 Å². The first-order chi connectivity index (χ1) is 13.4. The Kier molecular flexibility index (Phi) is 8.01. The Labute approximate surface area is 165 Å². The number of hydrogen-bond donors (Lipinski definition) is 1. The van der Waals surface area contributed by atoms with Crippen LogP contribution in [-0.2, 0) is 29.1 Å². The molecule has 1 aliphatic rings. The van der Waals surface area contributed by atoms with E-state index >= 15 is 0 Å². The van der Waals surface area contributed by atoms with Gasteiger partial charge in [-0.2, -0.15) is 4.31 Å². The lowest BCUT2D eigenvalue weighted by Crippen LogP contribution is -2.35. The van der Waals surface area contributed by atoms with Gasteiger partial charge >= 0.3 is 11.9 Å². The summed E-state index contributed by atoms with van der Waals surface area (Å²) in [6, 6.07) is 6.13. The summed E-state index contributed by atoms with van der Waals surface area (Å²) in [5.41, 5.74) is 0.248. The van der Waals surface area contributed by atoms with Gasteiger partial charge in [-0.25, -0.2) is 18.0 Å². The van der Waals surface area contributed by atoms with Gasteiger partial charge in [-0.3, -0.25) is 0 Å². The summed E-state index contributed by atoms with van der Waals surface area (Å²) >= 11 is 0. The van der Waals surface area contributed by atoms with Crippen LogP contribution in [-0.4, -0.2) is 51.0 Å². The number of benzene rings is 1. The minimum absolute atomic E-state index is 0.124. The van der Waals surface area contributed by atoms with Crippen LogP contribution in [0, 0.1) is 0 Å². The van der Waals surface area contributed by atoms with Crippen molar-refractivity contribution in [2.75, 3.05) is 31.6 Å². The highest BCUT2D eigenvalue weighted by atomic mass is 32.2. The van der Waals surface area contributed by atoms with Gasteiger partial charge in [0, 0.05) is 25.0 Å². The maximum atomic E-state index is 12.7. The van der Waals surface area contributed by atoms with Crippen molar-refractivity contribution in [1.29, 1.82) is 0 Å². The molecule has 1 aromatic rings. The monoisotopic (exact) mass is 410 g/mol. The SMILES string of the molecule is CCOC(=O)C(=CNc1ccc(S(=O)(=O)N2CCCCC2)cc1)C(=O)OCC. The molecule has 0 spiro atoms. The van der Waals surface area contributed by atoms with Gasteiger partial charge in [-0.15, -0.1) is 0 Å². The van der Waals surface area contributed by atoms with Gasteiger partial charge in [0.15, 0.2) is 5.57 Å². The number of sulfonamides is 1. The van der Waals surface area contributed by atoms with E-state index in [0.717, 1.165) is 19.3 Å². The highest BCUT2D eigenvalue weighted by Gasteiger charge is 2.25. The van der Waals surface area contributed by atoms with Crippen molar-refractivity contribution in [2.45, 2.75) is 38.0 Å². The standard InChI is InChI=1S/C19H26N2O6S/c1-3-26-18(22)17(19(23)27-4-2)14-20-15-8-10-16(11-9-15)28(24,25)21-12-6-5-7-13-21/h8-11,14,20H,3-7,12-13H2,1-2H3. The molecular formula is C19H26N2O6S. The molecular weight excluding hydrogens is 384 g/mol. The van der Waals surface area contributed by atoms with Crippen LogP contribution in [0.1, 0.15) is 33.1 Å². The summed E-state index contributed by atoms with van der Waals surface area (Å²) in [5.74, 6) is -1.59. The van der Waals surface area contributed by atoms with E-state index in [2.05, 4.69) is 5.32 Å². The lowest BCUT2D eigenvalue weighted by atomic mass is 10.2. The topological polar surface area (TPSA) is 102 Å². The van der Waals surface area contributed by atoms with Crippen molar-refractivity contribution >= 4 is 27.6 Å². The molecule has 8 nitrogen and oxygen atoms in total. The maximum Gasteiger partial charge on any atom is 0.347 e. The van der Waals surface area contributed by atoms with E-state index in [4.69, 9.17) is 9.47 Å². The molecule has 0 unspecified atom stereocenters. The number of esters is 2. The highest BCUT2D eigenvalue weighted by molar-refractivity contribution is 7.89. The second kappa shape index (κ2) is 10.2. The molecule has 0 bridgehead atoms. The van der Waals surface area contributed by atoms with E-state index in [1.54, 1.807) is 26.0 Å². The molecule has 28 heavy (non-hydrogen) atoms. The molecule has 1 aromatic carbocycles. The molecule has 1 saturated heterocycles. The van der Waals surface area contributed by atoms with E-state index in [-0.39, 0.29) is 23.7 Å². The minimum Gasteiger partial charge on any atom is -0.462 e. The zero-order valence-electron chi connectivity index (χ0n) is 16.1. The van der Waals surface area contributed by atoms with E-state index in [0.29, 0.717) is 18.8 Å². The molecule has 1 fully saturated rings. The molecule has 0 aromatic heterocycles. The lowest BCUT2D eigenvalue weighted by molar-refractivity contribution is -0.146. The third-order valence-electron chi connectivity index (χ3n) is 4.18. The Balaban J connectivity index is 2.14. The number of ether oxygens (including phenoxy) is 2. The normalized spacial score (nSPS) is 14.8. The van der Waals surface area contributed by atoms with E-state index < -0.39 is 22.0 Å². The first-order valence-corrected chi connectivity index (χ1v) is 10.7. The van der Waals surface area contributed by atoms with E-state index in [9.17, 15) is 18.0 Å². The number of carbonyl (C=O) groups excluding carboxylic acids is 2. The summed E-state index contributed by atoms with van der Waals surface area (Å²) < 4.78 is 36.5. The van der Waals surface area contributed by atoms with Crippen molar-refractivity contribution in [3.63, 3.8) is 0 Å². The fourth-order valence-electron chi connectivity index (χ4n) is 2.75. The molecule has 1 aliphatic heterocycles. The number of anilines is 1. The Bertz CT molecular complexity index is 791. The fraction of sp³-hybridized carbons (Fsp3) is 0.474. The van der Waals surface area contributed by atoms with Crippen LogP contribution in [0.2, 0.25) is 0 Å². The molecule has 154 valence electrons. The molecule has 0 saturated carbocycles. The van der Waals surface area contributed by atoms with Crippen molar-refractivity contribution in [2.24, 2.45) is 0 Å². The molecule has 1 heterocycles. The first kappa shape index (κ1) is 21.9. The molecule has 1 N–H and O–H groups in total. The number of rotatable bonds is 8. The van der Waals surface area contributed by atoms with Crippen LogP contribution in [0.4, 0.5) is 5.69 Å². The number of nitrogens with one attached hydrogen (secondary N) is 1. The molecule has 2 rings (SSSR count). The summed E-state index contributed by atoms with van der Waals surface area (Å²) in [6.07, 6.45) is 3.98. The van der Waals surface area contributed by atoms with Crippen molar-refractivity contribution in [1.82, 2.24) is 4.31 Å². The predicted octanol–water partition coefficient (Wildman–Crippen LogP) is 2.28. The van der Waals surface area contributed by atoms with Crippen LogP contribution in [0.25, 0.3) is 0 Å². The number of hydrogen-bond acceptors (Lipinski definition) is 7. The second-order valence-corrected chi connectivity index (χ2v) is 8.07. The van der Waals surface area contributed by atoms with Crippen LogP contribution >= 0.6 is 0 Å².